The van der Waals surface area contributed by atoms with Crippen LogP contribution in [0.1, 0.15) is 103 Å². The molecule has 2 aromatic carbocycles. The number of nitrogens with two attached hydrogens (primary N) is 1. The first-order chi connectivity index (χ1) is 24.6. The first kappa shape index (κ1) is 41.5. The number of rotatable bonds is 9. The summed E-state index contributed by atoms with van der Waals surface area (Å²) in [6.45, 7) is 12.3. The number of hydrogen-bond donors (Lipinski definition) is 4. The fourth-order valence-electron chi connectivity index (χ4n) is 5.29. The predicted molar refractivity (Wildman–Crippen MR) is 200 cm³/mol. The van der Waals surface area contributed by atoms with Gasteiger partial charge in [-0.3, -0.25) is 20.9 Å². The normalized spacial score (nSPS) is 14.2. The zero-order valence-corrected chi connectivity index (χ0v) is 31.5. The lowest BCUT2D eigenvalue weighted by atomic mass is 10.0. The summed E-state index contributed by atoms with van der Waals surface area (Å²) in [5, 5.41) is 7.70. The minimum atomic E-state index is -0.729. The van der Waals surface area contributed by atoms with E-state index in [-0.39, 0.29) is 31.1 Å². The van der Waals surface area contributed by atoms with Crippen molar-refractivity contribution >= 4 is 30.1 Å². The van der Waals surface area contributed by atoms with Crippen LogP contribution in [0.5, 0.6) is 5.75 Å². The van der Waals surface area contributed by atoms with Crippen molar-refractivity contribution < 1.29 is 33.0 Å². The van der Waals surface area contributed by atoms with Gasteiger partial charge in [-0.15, -0.1) is 0 Å². The molecule has 0 aromatic heterocycles. The number of hydrogen-bond acceptors (Lipinski definition) is 9. The van der Waals surface area contributed by atoms with Crippen LogP contribution in [0.25, 0.3) is 0 Å². The van der Waals surface area contributed by atoms with Crippen LogP contribution in [0.3, 0.4) is 0 Å². The lowest BCUT2D eigenvalue weighted by Gasteiger charge is -2.23. The van der Waals surface area contributed by atoms with Gasteiger partial charge in [0.05, 0.1) is 6.54 Å². The van der Waals surface area contributed by atoms with Gasteiger partial charge in [-0.2, -0.15) is 0 Å². The van der Waals surface area contributed by atoms with E-state index < -0.39 is 29.2 Å². The van der Waals surface area contributed by atoms with E-state index in [1.54, 1.807) is 52.5 Å². The summed E-state index contributed by atoms with van der Waals surface area (Å²) in [6, 6.07) is 12.0. The third-order valence-electron chi connectivity index (χ3n) is 7.69. The minimum absolute atomic E-state index is 0.0168. The van der Waals surface area contributed by atoms with Gasteiger partial charge in [0.2, 0.25) is 5.96 Å². The summed E-state index contributed by atoms with van der Waals surface area (Å²) >= 11 is 0. The number of halogens is 1. The number of guanidine groups is 2. The number of fused-ring (bicyclic) bond motifs is 2. The first-order valence-electron chi connectivity index (χ1n) is 18.0. The third kappa shape index (κ3) is 16.4. The van der Waals surface area contributed by atoms with Crippen molar-refractivity contribution in [3.63, 3.8) is 0 Å². The van der Waals surface area contributed by atoms with Gasteiger partial charge in [0.15, 0.2) is 5.96 Å². The topological polar surface area (TPSA) is 169 Å². The Bertz CT molecular complexity index is 1520. The number of amides is 4. The van der Waals surface area contributed by atoms with Crippen LogP contribution < -0.4 is 26.4 Å². The highest BCUT2D eigenvalue weighted by Gasteiger charge is 2.21. The van der Waals surface area contributed by atoms with Crippen LogP contribution in [0, 0.1) is 5.82 Å². The number of nitrogens with one attached hydrogen (secondary N) is 3. The molecule has 1 aliphatic heterocycles. The van der Waals surface area contributed by atoms with E-state index in [2.05, 4.69) is 32.0 Å². The molecule has 14 heteroatoms. The molecule has 13 nitrogen and oxygen atoms in total. The highest BCUT2D eigenvalue weighted by atomic mass is 19.1. The van der Waals surface area contributed by atoms with Crippen LogP contribution in [-0.2, 0) is 29.0 Å². The molecule has 0 atom stereocenters. The number of alkyl carbamates (subject to hydrolysis) is 2. The van der Waals surface area contributed by atoms with Crippen LogP contribution in [-0.4, -0.2) is 65.9 Å². The SMILES string of the molecule is CC(C)(C)OC(=O)NC(=NCCCCCCCCN1CCCc2ccccc2COc2cc(F)ccc2CN=C(N)NC1=O)NC(=O)OC(C)(C)C. The zero-order valence-electron chi connectivity index (χ0n) is 31.5. The number of urea groups is 1. The number of nitrogens with zero attached hydrogens (tertiary/aromatic N) is 3. The van der Waals surface area contributed by atoms with E-state index in [1.807, 2.05) is 18.2 Å². The Kier molecular flexibility index (Phi) is 16.2. The Morgan fingerprint density at radius 2 is 1.54 bits per heavy atom. The van der Waals surface area contributed by atoms with Crippen molar-refractivity contribution in [1.82, 2.24) is 20.9 Å². The maximum absolute atomic E-state index is 14.0. The highest BCUT2D eigenvalue weighted by molar-refractivity contribution is 6.01. The largest absolute Gasteiger partial charge is 0.488 e. The number of aryl methyl sites for hydroxylation is 1. The highest BCUT2D eigenvalue weighted by Crippen LogP contribution is 2.24. The summed E-state index contributed by atoms with van der Waals surface area (Å²) in [6.07, 6.45) is 5.33. The molecule has 5 N–H and O–H groups in total. The number of aliphatic imine (C=N–C) groups is 2. The molecular formula is C38H56FN7O6. The van der Waals surface area contributed by atoms with Gasteiger partial charge >= 0.3 is 18.2 Å². The molecule has 286 valence electrons. The molecule has 0 unspecified atom stereocenters. The lowest BCUT2D eigenvalue weighted by Crippen LogP contribution is -2.47. The molecule has 1 aliphatic rings. The van der Waals surface area contributed by atoms with Gasteiger partial charge in [-0.25, -0.2) is 23.8 Å². The number of ether oxygens (including phenoxy) is 3. The van der Waals surface area contributed by atoms with E-state index in [4.69, 9.17) is 19.9 Å². The Labute approximate surface area is 307 Å². The number of benzene rings is 2. The monoisotopic (exact) mass is 725 g/mol. The molecule has 52 heavy (non-hydrogen) atoms. The summed E-state index contributed by atoms with van der Waals surface area (Å²) in [5.41, 5.74) is 7.44. The molecule has 0 saturated heterocycles. The summed E-state index contributed by atoms with van der Waals surface area (Å²) in [4.78, 5) is 48.3. The second-order valence-corrected chi connectivity index (χ2v) is 14.6. The molecule has 4 amide bonds. The van der Waals surface area contributed by atoms with E-state index >= 15 is 0 Å². The molecule has 1 heterocycles. The predicted octanol–water partition coefficient (Wildman–Crippen LogP) is 6.92. The van der Waals surface area contributed by atoms with Crippen molar-refractivity contribution in [1.29, 1.82) is 0 Å². The summed E-state index contributed by atoms with van der Waals surface area (Å²) in [5.74, 6) is -0.0702. The molecule has 0 spiro atoms. The standard InChI is InChI=1S/C38H56FN7O6/c1-37(2,3)51-35(48)44-33(45-36(49)52-38(4,5)6)41-21-13-9-7-8-10-14-22-46-23-15-18-27-16-11-12-17-29(27)26-50-31-24-30(39)20-19-28(31)25-42-32(40)43-34(46)47/h11-12,16-17,19-20,24H,7-10,13-15,18,21-23,25-26H2,1-6H3,(H3,40,42,43,47)(H2,41,44,45,48,49). The number of carbonyl (C=O) groups excluding carboxylic acids is 3. The summed E-state index contributed by atoms with van der Waals surface area (Å²) < 4.78 is 30.7. The average molecular weight is 726 g/mol. The molecule has 0 fully saturated rings. The van der Waals surface area contributed by atoms with Crippen molar-refractivity contribution in [2.75, 3.05) is 19.6 Å². The van der Waals surface area contributed by atoms with Gasteiger partial charge in [-0.05, 0) is 84.4 Å². The second kappa shape index (κ2) is 20.2. The second-order valence-electron chi connectivity index (χ2n) is 14.6. The van der Waals surface area contributed by atoms with Gasteiger partial charge < -0.3 is 24.8 Å². The molecule has 0 aliphatic carbocycles. The number of carbonyl (C=O) groups is 3. The Morgan fingerprint density at radius 3 is 2.19 bits per heavy atom. The Hall–Kier alpha value is -4.88. The zero-order chi connectivity index (χ0) is 38.1. The van der Waals surface area contributed by atoms with Crippen molar-refractivity contribution in [2.45, 2.75) is 117 Å². The molecule has 0 saturated carbocycles. The van der Waals surface area contributed by atoms with Gasteiger partial charge in [0.1, 0.15) is 29.4 Å². The van der Waals surface area contributed by atoms with Crippen molar-refractivity contribution in [3.05, 3.63) is 65.0 Å². The van der Waals surface area contributed by atoms with Crippen LogP contribution in [0.15, 0.2) is 52.4 Å². The van der Waals surface area contributed by atoms with E-state index in [0.717, 1.165) is 62.5 Å². The fraction of sp³-hybridized carbons (Fsp3) is 0.553. The molecular weight excluding hydrogens is 669 g/mol. The third-order valence-corrected chi connectivity index (χ3v) is 7.69. The smallest absolute Gasteiger partial charge is 0.414 e. The molecule has 0 radical (unpaired) electrons. The maximum Gasteiger partial charge on any atom is 0.414 e. The van der Waals surface area contributed by atoms with Crippen LogP contribution in [0.4, 0.5) is 18.8 Å². The van der Waals surface area contributed by atoms with Crippen molar-refractivity contribution in [2.24, 2.45) is 15.7 Å². The van der Waals surface area contributed by atoms with Gasteiger partial charge in [0.25, 0.3) is 0 Å². The quantitative estimate of drug-likeness (QED) is 0.124. The number of unbranched alkanes of at least 4 members (excludes halogenated alkanes) is 5. The molecule has 2 aromatic rings. The minimum Gasteiger partial charge on any atom is -0.488 e. The average Bonchev–Trinajstić information content (AvgIpc) is 3.03. The Balaban J connectivity index is 1.51. The van der Waals surface area contributed by atoms with E-state index in [9.17, 15) is 18.8 Å². The first-order valence-corrected chi connectivity index (χ1v) is 18.0. The lowest BCUT2D eigenvalue weighted by molar-refractivity contribution is 0.0544. The molecule has 0 bridgehead atoms. The summed E-state index contributed by atoms with van der Waals surface area (Å²) in [7, 11) is 0. The fourth-order valence-corrected chi connectivity index (χ4v) is 5.29. The van der Waals surface area contributed by atoms with Crippen molar-refractivity contribution in [3.8, 4) is 5.75 Å². The van der Waals surface area contributed by atoms with E-state index in [0.29, 0.717) is 30.9 Å². The Morgan fingerprint density at radius 1 is 0.923 bits per heavy atom. The van der Waals surface area contributed by atoms with Gasteiger partial charge in [-0.1, -0.05) is 56.0 Å². The van der Waals surface area contributed by atoms with Crippen LogP contribution >= 0.6 is 0 Å². The van der Waals surface area contributed by atoms with E-state index in [1.165, 1.54) is 12.1 Å². The maximum atomic E-state index is 14.0. The van der Waals surface area contributed by atoms with Gasteiger partial charge in [0, 0.05) is 31.3 Å². The molecule has 3 rings (SSSR count). The van der Waals surface area contributed by atoms with Crippen LogP contribution in [0.2, 0.25) is 0 Å².